The van der Waals surface area contributed by atoms with Crippen LogP contribution < -0.4 is 5.19 Å². The summed E-state index contributed by atoms with van der Waals surface area (Å²) in [5, 5.41) is 8.27. The molecule has 0 bridgehead atoms. The number of furan rings is 2. The molecular formula is C47H42IrN2O2Si-2. The predicted octanol–water partition coefficient (Wildman–Crippen LogP) is 12.8. The van der Waals surface area contributed by atoms with Crippen molar-refractivity contribution in [3.8, 4) is 22.5 Å². The second-order valence-electron chi connectivity index (χ2n) is 15.3. The molecule has 4 heterocycles. The number of hydrogen-bond donors (Lipinski definition) is 0. The standard InChI is InChI=1S/C24H18NO.C23H24NOSi.Ir/c1-15(2)17-12-13-25-22(14-17)21-9-5-8-19-20-11-10-16-6-3-4-7-18(16)23(20)26-24(19)21;1-15(2)16-11-12-24-21(13-16)20-8-6-7-19-18-10-9-17(26(3,4)5)14-22(18)25-23(19)20;/h3-8,10-15H,1-2H3;6-7,9-15H,1-5H3;/q2*-1;. The molecule has 0 unspecified atom stereocenters. The number of fused-ring (bicyclic) bond motifs is 8. The second kappa shape index (κ2) is 14.5. The molecule has 9 aromatic rings. The Bertz CT molecular complexity index is 2750. The number of nitrogens with zero attached hydrogens (tertiary/aromatic N) is 2. The van der Waals surface area contributed by atoms with E-state index in [1.165, 1.54) is 21.7 Å². The Balaban J connectivity index is 0.000000161. The van der Waals surface area contributed by atoms with Gasteiger partial charge in [-0.05, 0) is 46.8 Å². The first-order valence-corrected chi connectivity index (χ1v) is 21.6. The van der Waals surface area contributed by atoms with Gasteiger partial charge in [-0.1, -0.05) is 146 Å². The zero-order valence-electron chi connectivity index (χ0n) is 31.2. The fraction of sp³-hybridized carbons (Fsp3) is 0.191. The molecule has 6 heteroatoms. The molecule has 1 radical (unpaired) electrons. The van der Waals surface area contributed by atoms with Crippen LogP contribution in [0.2, 0.25) is 19.6 Å². The maximum Gasteiger partial charge on any atom is 0.128 e. The van der Waals surface area contributed by atoms with E-state index in [4.69, 9.17) is 8.83 Å². The summed E-state index contributed by atoms with van der Waals surface area (Å²) in [6, 6.07) is 42.6. The molecular weight excluding hydrogens is 845 g/mol. The van der Waals surface area contributed by atoms with Gasteiger partial charge in [-0.3, -0.25) is 0 Å². The molecule has 0 aliphatic carbocycles. The monoisotopic (exact) mass is 887 g/mol. The van der Waals surface area contributed by atoms with Gasteiger partial charge < -0.3 is 18.8 Å². The summed E-state index contributed by atoms with van der Waals surface area (Å²) in [6.45, 7) is 15.9. The Morgan fingerprint density at radius 1 is 0.547 bits per heavy atom. The average Bonchev–Trinajstić information content (AvgIpc) is 3.73. The molecule has 0 aliphatic heterocycles. The molecule has 0 saturated carbocycles. The first-order chi connectivity index (χ1) is 25.1. The Labute approximate surface area is 325 Å². The summed E-state index contributed by atoms with van der Waals surface area (Å²) in [5.74, 6) is 0.918. The van der Waals surface area contributed by atoms with Gasteiger partial charge in [0.2, 0.25) is 0 Å². The number of pyridine rings is 2. The molecule has 9 rings (SSSR count). The maximum atomic E-state index is 6.38. The normalized spacial score (nSPS) is 11.9. The first kappa shape index (κ1) is 36.5. The minimum Gasteiger partial charge on any atom is -0.501 e. The van der Waals surface area contributed by atoms with Crippen molar-refractivity contribution < 1.29 is 28.9 Å². The summed E-state index contributed by atoms with van der Waals surface area (Å²) in [5.41, 5.74) is 9.85. The van der Waals surface area contributed by atoms with Gasteiger partial charge in [0.25, 0.3) is 0 Å². The van der Waals surface area contributed by atoms with Gasteiger partial charge in [0.15, 0.2) is 0 Å². The maximum absolute atomic E-state index is 6.38. The van der Waals surface area contributed by atoms with Crippen molar-refractivity contribution in [3.63, 3.8) is 0 Å². The fourth-order valence-electron chi connectivity index (χ4n) is 6.94. The molecule has 0 saturated heterocycles. The topological polar surface area (TPSA) is 52.1 Å². The van der Waals surface area contributed by atoms with Crippen LogP contribution in [0.4, 0.5) is 0 Å². The predicted molar refractivity (Wildman–Crippen MR) is 220 cm³/mol. The summed E-state index contributed by atoms with van der Waals surface area (Å²) in [4.78, 5) is 9.17. The third-order valence-electron chi connectivity index (χ3n) is 10.0. The van der Waals surface area contributed by atoms with E-state index in [1.807, 2.05) is 24.5 Å². The van der Waals surface area contributed by atoms with Gasteiger partial charge in [0.05, 0.1) is 19.2 Å². The summed E-state index contributed by atoms with van der Waals surface area (Å²) in [6.07, 6.45) is 3.75. The number of aromatic nitrogens is 2. The van der Waals surface area contributed by atoms with Crippen LogP contribution in [-0.2, 0) is 20.1 Å². The largest absolute Gasteiger partial charge is 0.501 e. The van der Waals surface area contributed by atoms with E-state index < -0.39 is 8.07 Å². The third-order valence-corrected chi connectivity index (χ3v) is 12.1. The van der Waals surface area contributed by atoms with Gasteiger partial charge in [0.1, 0.15) is 11.2 Å². The zero-order valence-corrected chi connectivity index (χ0v) is 34.6. The van der Waals surface area contributed by atoms with Crippen molar-refractivity contribution in [2.45, 2.75) is 59.2 Å². The molecule has 0 aliphatic rings. The van der Waals surface area contributed by atoms with Crippen LogP contribution in [0.25, 0.3) is 77.2 Å². The molecule has 0 spiro atoms. The third kappa shape index (κ3) is 6.88. The first-order valence-electron chi connectivity index (χ1n) is 18.1. The summed E-state index contributed by atoms with van der Waals surface area (Å²) >= 11 is 0. The molecule has 53 heavy (non-hydrogen) atoms. The molecule has 5 aromatic carbocycles. The Hall–Kier alpha value is -4.87. The van der Waals surface area contributed by atoms with Gasteiger partial charge in [-0.25, -0.2) is 0 Å². The molecule has 0 N–H and O–H groups in total. The van der Waals surface area contributed by atoms with Crippen molar-refractivity contribution in [3.05, 3.63) is 139 Å². The van der Waals surface area contributed by atoms with E-state index in [-0.39, 0.29) is 20.1 Å². The summed E-state index contributed by atoms with van der Waals surface area (Å²) < 4.78 is 12.7. The van der Waals surface area contributed by atoms with Crippen molar-refractivity contribution >= 4 is 67.9 Å². The zero-order chi connectivity index (χ0) is 36.1. The van der Waals surface area contributed by atoms with Crippen LogP contribution >= 0.6 is 0 Å². The molecule has 0 amide bonds. The summed E-state index contributed by atoms with van der Waals surface area (Å²) in [7, 11) is -1.38. The molecule has 4 aromatic heterocycles. The van der Waals surface area contributed by atoms with Gasteiger partial charge in [-0.2, -0.15) is 0 Å². The van der Waals surface area contributed by atoms with E-state index in [2.05, 4.69) is 160 Å². The SMILES string of the molecule is CC(C)c1ccnc(-c2[c-]ccc3c2oc2c4ccccc4ccc32)c1.CC(C)c1ccnc(-c2[c-]ccc3c2oc2cc([Si](C)(C)C)ccc23)c1.[Ir]. The minimum absolute atomic E-state index is 0. The van der Waals surface area contributed by atoms with E-state index in [9.17, 15) is 0 Å². The number of hydrogen-bond acceptors (Lipinski definition) is 4. The van der Waals surface area contributed by atoms with Crippen LogP contribution in [0.3, 0.4) is 0 Å². The fourth-order valence-corrected chi connectivity index (χ4v) is 8.09. The number of rotatable bonds is 5. The molecule has 4 nitrogen and oxygen atoms in total. The van der Waals surface area contributed by atoms with E-state index in [0.717, 1.165) is 71.8 Å². The minimum atomic E-state index is -1.38. The van der Waals surface area contributed by atoms with Crippen molar-refractivity contribution in [1.29, 1.82) is 0 Å². The van der Waals surface area contributed by atoms with E-state index >= 15 is 0 Å². The van der Waals surface area contributed by atoms with E-state index in [1.54, 1.807) is 0 Å². The quantitative estimate of drug-likeness (QED) is 0.128. The Morgan fingerprint density at radius 2 is 1.09 bits per heavy atom. The van der Waals surface area contributed by atoms with Crippen LogP contribution in [0, 0.1) is 12.1 Å². The smallest absolute Gasteiger partial charge is 0.128 e. The van der Waals surface area contributed by atoms with Crippen LogP contribution in [-0.4, -0.2) is 18.0 Å². The van der Waals surface area contributed by atoms with Gasteiger partial charge in [0, 0.05) is 48.7 Å². The van der Waals surface area contributed by atoms with E-state index in [0.29, 0.717) is 11.8 Å². The Kier molecular flexibility index (Phi) is 9.99. The van der Waals surface area contributed by atoms with Gasteiger partial charge in [-0.15, -0.1) is 36.4 Å². The molecule has 0 fully saturated rings. The van der Waals surface area contributed by atoms with Gasteiger partial charge >= 0.3 is 0 Å². The molecule has 267 valence electrons. The van der Waals surface area contributed by atoms with Crippen molar-refractivity contribution in [2.75, 3.05) is 0 Å². The van der Waals surface area contributed by atoms with Crippen molar-refractivity contribution in [2.24, 2.45) is 0 Å². The van der Waals surface area contributed by atoms with Crippen LogP contribution in [0.15, 0.2) is 124 Å². The van der Waals surface area contributed by atoms with Crippen LogP contribution in [0.5, 0.6) is 0 Å². The average molecular weight is 887 g/mol. The Morgan fingerprint density at radius 3 is 1.70 bits per heavy atom. The second-order valence-corrected chi connectivity index (χ2v) is 20.4. The number of benzene rings is 5. The molecule has 0 atom stereocenters. The van der Waals surface area contributed by atoms with Crippen LogP contribution in [0.1, 0.15) is 50.7 Å². The van der Waals surface area contributed by atoms with Crippen molar-refractivity contribution in [1.82, 2.24) is 9.97 Å².